The summed E-state index contributed by atoms with van der Waals surface area (Å²) in [5.74, 6) is 0.142. The van der Waals surface area contributed by atoms with Crippen molar-refractivity contribution in [2.45, 2.75) is 18.9 Å². The van der Waals surface area contributed by atoms with Gasteiger partial charge in [0.1, 0.15) is 5.82 Å². The zero-order valence-electron chi connectivity index (χ0n) is 10.4. The Morgan fingerprint density at radius 2 is 2.26 bits per heavy atom. The molecule has 1 aromatic heterocycles. The molecule has 0 aliphatic heterocycles. The Morgan fingerprint density at radius 1 is 1.47 bits per heavy atom. The molecule has 19 heavy (non-hydrogen) atoms. The van der Waals surface area contributed by atoms with E-state index in [-0.39, 0.29) is 17.8 Å². The van der Waals surface area contributed by atoms with Crippen molar-refractivity contribution in [1.82, 2.24) is 5.32 Å². The Balaban J connectivity index is 1.80. The van der Waals surface area contributed by atoms with Crippen molar-refractivity contribution < 1.29 is 9.18 Å². The fraction of sp³-hybridized carbons (Fsp3) is 0.357. The summed E-state index contributed by atoms with van der Waals surface area (Å²) in [6, 6.07) is 6.42. The van der Waals surface area contributed by atoms with E-state index in [9.17, 15) is 9.18 Å². The number of nitrogens with two attached hydrogens (primary N) is 1. The van der Waals surface area contributed by atoms with Crippen LogP contribution in [-0.4, -0.2) is 18.5 Å². The second-order valence-electron chi connectivity index (χ2n) is 4.95. The molecule has 3 N–H and O–H groups in total. The van der Waals surface area contributed by atoms with Crippen LogP contribution in [0, 0.1) is 11.7 Å². The average Bonchev–Trinajstić information content (AvgIpc) is 3.15. The van der Waals surface area contributed by atoms with Crippen molar-refractivity contribution in [3.05, 3.63) is 35.0 Å². The number of rotatable bonds is 4. The highest BCUT2D eigenvalue weighted by molar-refractivity contribution is 7.20. The van der Waals surface area contributed by atoms with Gasteiger partial charge in [-0.2, -0.15) is 0 Å². The highest BCUT2D eigenvalue weighted by Crippen LogP contribution is 2.33. The molecule has 2 aromatic rings. The van der Waals surface area contributed by atoms with E-state index in [1.54, 1.807) is 12.1 Å². The summed E-state index contributed by atoms with van der Waals surface area (Å²) < 4.78 is 13.9. The SMILES string of the molecule is NCC(NC(=O)c1cc2ccc(F)cc2s1)C1CC1. The summed E-state index contributed by atoms with van der Waals surface area (Å²) in [6.45, 7) is 0.468. The van der Waals surface area contributed by atoms with Crippen molar-refractivity contribution in [3.8, 4) is 0 Å². The smallest absolute Gasteiger partial charge is 0.261 e. The molecule has 0 radical (unpaired) electrons. The van der Waals surface area contributed by atoms with Gasteiger partial charge in [0.2, 0.25) is 0 Å². The second-order valence-corrected chi connectivity index (χ2v) is 6.03. The third-order valence-corrected chi connectivity index (χ3v) is 4.56. The molecule has 5 heteroatoms. The van der Waals surface area contributed by atoms with Gasteiger partial charge in [-0.15, -0.1) is 11.3 Å². The van der Waals surface area contributed by atoms with Crippen LogP contribution >= 0.6 is 11.3 Å². The quantitative estimate of drug-likeness (QED) is 0.903. The largest absolute Gasteiger partial charge is 0.347 e. The van der Waals surface area contributed by atoms with E-state index in [1.807, 2.05) is 0 Å². The molecule has 1 aromatic carbocycles. The molecule has 0 spiro atoms. The molecule has 1 atom stereocenters. The summed E-state index contributed by atoms with van der Waals surface area (Å²) in [6.07, 6.45) is 2.28. The molecule has 1 amide bonds. The summed E-state index contributed by atoms with van der Waals surface area (Å²) in [5.41, 5.74) is 5.67. The number of hydrogen-bond acceptors (Lipinski definition) is 3. The van der Waals surface area contributed by atoms with Crippen LogP contribution in [0.5, 0.6) is 0 Å². The number of hydrogen-bond donors (Lipinski definition) is 2. The van der Waals surface area contributed by atoms with Gasteiger partial charge in [0, 0.05) is 17.3 Å². The molecule has 0 bridgehead atoms. The van der Waals surface area contributed by atoms with Crippen molar-refractivity contribution in [2.24, 2.45) is 11.7 Å². The zero-order valence-corrected chi connectivity index (χ0v) is 11.2. The van der Waals surface area contributed by atoms with Gasteiger partial charge in [-0.1, -0.05) is 6.07 Å². The second kappa shape index (κ2) is 4.90. The van der Waals surface area contributed by atoms with Crippen LogP contribution in [0.1, 0.15) is 22.5 Å². The van der Waals surface area contributed by atoms with E-state index >= 15 is 0 Å². The number of carbonyl (C=O) groups is 1. The average molecular weight is 278 g/mol. The lowest BCUT2D eigenvalue weighted by atomic mass is 10.2. The minimum atomic E-state index is -0.279. The maximum absolute atomic E-state index is 13.1. The first-order valence-corrected chi connectivity index (χ1v) is 7.19. The van der Waals surface area contributed by atoms with Gasteiger partial charge < -0.3 is 11.1 Å². The molecule has 1 saturated carbocycles. The first-order valence-electron chi connectivity index (χ1n) is 6.37. The number of halogens is 1. The van der Waals surface area contributed by atoms with Gasteiger partial charge in [-0.25, -0.2) is 4.39 Å². The molecular formula is C14H15FN2OS. The maximum Gasteiger partial charge on any atom is 0.261 e. The Hall–Kier alpha value is -1.46. The van der Waals surface area contributed by atoms with E-state index in [0.29, 0.717) is 17.3 Å². The molecule has 3 nitrogen and oxygen atoms in total. The molecule has 1 unspecified atom stereocenters. The fourth-order valence-corrected chi connectivity index (χ4v) is 3.21. The van der Waals surface area contributed by atoms with Crippen LogP contribution in [0.15, 0.2) is 24.3 Å². The lowest BCUT2D eigenvalue weighted by Crippen LogP contribution is -2.41. The molecule has 1 fully saturated rings. The van der Waals surface area contributed by atoms with Crippen LogP contribution in [0.3, 0.4) is 0 Å². The first kappa shape index (κ1) is 12.6. The predicted molar refractivity (Wildman–Crippen MR) is 74.8 cm³/mol. The van der Waals surface area contributed by atoms with E-state index in [4.69, 9.17) is 5.73 Å². The summed E-state index contributed by atoms with van der Waals surface area (Å²) >= 11 is 1.31. The Morgan fingerprint density at radius 3 is 2.95 bits per heavy atom. The first-order chi connectivity index (χ1) is 9.17. The van der Waals surface area contributed by atoms with Crippen molar-refractivity contribution in [1.29, 1.82) is 0 Å². The summed E-state index contributed by atoms with van der Waals surface area (Å²) in [5, 5.41) is 3.87. The lowest BCUT2D eigenvalue weighted by molar-refractivity contribution is 0.0937. The Labute approximate surface area is 114 Å². The zero-order chi connectivity index (χ0) is 13.4. The highest BCUT2D eigenvalue weighted by atomic mass is 32.1. The van der Waals surface area contributed by atoms with Gasteiger partial charge in [0.05, 0.1) is 4.88 Å². The van der Waals surface area contributed by atoms with E-state index in [2.05, 4.69) is 5.32 Å². The normalized spacial score (nSPS) is 16.5. The number of fused-ring (bicyclic) bond motifs is 1. The Kier molecular flexibility index (Phi) is 3.24. The number of nitrogens with one attached hydrogen (secondary N) is 1. The minimum Gasteiger partial charge on any atom is -0.347 e. The molecule has 100 valence electrons. The molecular weight excluding hydrogens is 263 g/mol. The number of benzene rings is 1. The summed E-state index contributed by atoms with van der Waals surface area (Å²) in [4.78, 5) is 12.8. The van der Waals surface area contributed by atoms with E-state index in [0.717, 1.165) is 22.9 Å². The topological polar surface area (TPSA) is 55.1 Å². The van der Waals surface area contributed by atoms with Crippen molar-refractivity contribution in [3.63, 3.8) is 0 Å². The van der Waals surface area contributed by atoms with Crippen LogP contribution in [0.4, 0.5) is 4.39 Å². The van der Waals surface area contributed by atoms with Gasteiger partial charge >= 0.3 is 0 Å². The standard InChI is InChI=1S/C14H15FN2OS/c15-10-4-3-9-5-13(19-12(9)6-10)14(18)17-11(7-16)8-1-2-8/h3-6,8,11H,1-2,7,16H2,(H,17,18). The van der Waals surface area contributed by atoms with Gasteiger partial charge in [0.15, 0.2) is 0 Å². The third kappa shape index (κ3) is 2.62. The molecule has 0 saturated heterocycles. The Bertz CT molecular complexity index is 621. The van der Waals surface area contributed by atoms with Crippen molar-refractivity contribution in [2.75, 3.05) is 6.54 Å². The monoisotopic (exact) mass is 278 g/mol. The molecule has 3 rings (SSSR count). The van der Waals surface area contributed by atoms with Gasteiger partial charge in [-0.3, -0.25) is 4.79 Å². The van der Waals surface area contributed by atoms with E-state index in [1.165, 1.54) is 23.5 Å². The van der Waals surface area contributed by atoms with Crippen LogP contribution < -0.4 is 11.1 Å². The molecule has 1 aliphatic rings. The predicted octanol–water partition coefficient (Wildman–Crippen LogP) is 2.51. The summed E-state index contributed by atoms with van der Waals surface area (Å²) in [7, 11) is 0. The highest BCUT2D eigenvalue weighted by Gasteiger charge is 2.31. The van der Waals surface area contributed by atoms with Crippen LogP contribution in [0.25, 0.3) is 10.1 Å². The minimum absolute atomic E-state index is 0.0643. The number of carbonyl (C=O) groups excluding carboxylic acids is 1. The molecule has 1 heterocycles. The van der Waals surface area contributed by atoms with Crippen LogP contribution in [-0.2, 0) is 0 Å². The van der Waals surface area contributed by atoms with Gasteiger partial charge in [-0.05, 0) is 42.3 Å². The fourth-order valence-electron chi connectivity index (χ4n) is 2.22. The number of amides is 1. The number of thiophene rings is 1. The van der Waals surface area contributed by atoms with Gasteiger partial charge in [0.25, 0.3) is 5.91 Å². The van der Waals surface area contributed by atoms with Crippen molar-refractivity contribution >= 4 is 27.3 Å². The van der Waals surface area contributed by atoms with Crippen LogP contribution in [0.2, 0.25) is 0 Å². The lowest BCUT2D eigenvalue weighted by Gasteiger charge is -2.14. The third-order valence-electron chi connectivity index (χ3n) is 3.47. The molecule has 1 aliphatic carbocycles. The van der Waals surface area contributed by atoms with E-state index < -0.39 is 0 Å². The maximum atomic E-state index is 13.1.